The zero-order valence-corrected chi connectivity index (χ0v) is 36.0. The lowest BCUT2D eigenvalue weighted by Gasteiger charge is -2.20. The van der Waals surface area contributed by atoms with Gasteiger partial charge in [0.1, 0.15) is 12.2 Å². The second kappa shape index (κ2) is 42.3. The van der Waals surface area contributed by atoms with E-state index in [-0.39, 0.29) is 13.0 Å². The molecule has 0 aromatic carbocycles. The van der Waals surface area contributed by atoms with Crippen LogP contribution in [-0.4, -0.2) is 66.3 Å². The van der Waals surface area contributed by atoms with Gasteiger partial charge < -0.3 is 24.6 Å². The zero-order chi connectivity index (χ0) is 41.1. The van der Waals surface area contributed by atoms with Crippen LogP contribution in [0.1, 0.15) is 155 Å². The SMILES string of the molecule is CC/C=C\C/C=C\C/C=C\C/C=C\CCC(=O)OC(COCCCCCCCCC/C=C\C/C=C\C/C=C\CCCCCCC)COP(=O)(O)OCC(O)CO. The molecule has 0 radical (unpaired) electrons. The maximum absolute atomic E-state index is 12.5. The molecule has 0 saturated heterocycles. The summed E-state index contributed by atoms with van der Waals surface area (Å²) in [6.45, 7) is 3.24. The fourth-order valence-electron chi connectivity index (χ4n) is 5.32. The first kappa shape index (κ1) is 53.6. The van der Waals surface area contributed by atoms with Crippen LogP contribution in [0.25, 0.3) is 0 Å². The van der Waals surface area contributed by atoms with Gasteiger partial charge in [0.25, 0.3) is 0 Å². The Morgan fingerprint density at radius 1 is 0.571 bits per heavy atom. The molecule has 3 unspecified atom stereocenters. The maximum Gasteiger partial charge on any atom is 0.472 e. The number of phosphoric ester groups is 1. The van der Waals surface area contributed by atoms with Gasteiger partial charge in [0, 0.05) is 13.0 Å². The van der Waals surface area contributed by atoms with E-state index in [1.807, 2.05) is 12.2 Å². The summed E-state index contributed by atoms with van der Waals surface area (Å²) in [6.07, 6.45) is 51.4. The Kier molecular flexibility index (Phi) is 40.5. The van der Waals surface area contributed by atoms with Crippen LogP contribution in [0.5, 0.6) is 0 Å². The highest BCUT2D eigenvalue weighted by molar-refractivity contribution is 7.47. The van der Waals surface area contributed by atoms with E-state index in [0.29, 0.717) is 13.0 Å². The first-order chi connectivity index (χ1) is 27.3. The third-order valence-electron chi connectivity index (χ3n) is 8.58. The summed E-state index contributed by atoms with van der Waals surface area (Å²) in [5, 5.41) is 18.3. The highest BCUT2D eigenvalue weighted by atomic mass is 31.2. The molecule has 3 atom stereocenters. The van der Waals surface area contributed by atoms with Gasteiger partial charge >= 0.3 is 13.8 Å². The molecule has 0 aliphatic carbocycles. The number of ether oxygens (including phenoxy) is 2. The molecule has 0 fully saturated rings. The smallest absolute Gasteiger partial charge is 0.457 e. The maximum atomic E-state index is 12.5. The summed E-state index contributed by atoms with van der Waals surface area (Å²) < 4.78 is 33.2. The lowest BCUT2D eigenvalue weighted by Crippen LogP contribution is -2.29. The van der Waals surface area contributed by atoms with Crippen LogP contribution < -0.4 is 0 Å². The Hall–Kier alpha value is -2.36. The minimum absolute atomic E-state index is 0.00852. The normalized spacial score (nSPS) is 14.9. The third-order valence-corrected chi connectivity index (χ3v) is 9.53. The summed E-state index contributed by atoms with van der Waals surface area (Å²) in [6, 6.07) is 0. The van der Waals surface area contributed by atoms with E-state index in [0.717, 1.165) is 64.2 Å². The van der Waals surface area contributed by atoms with Crippen LogP contribution in [0.4, 0.5) is 0 Å². The van der Waals surface area contributed by atoms with Crippen molar-refractivity contribution in [2.24, 2.45) is 0 Å². The average molecular weight is 807 g/mol. The summed E-state index contributed by atoms with van der Waals surface area (Å²) in [7, 11) is -4.54. The number of esters is 1. The number of hydrogen-bond acceptors (Lipinski definition) is 8. The third kappa shape index (κ3) is 41.3. The fraction of sp³-hybridized carbons (Fsp3) is 0.674. The second-order valence-corrected chi connectivity index (χ2v) is 15.4. The predicted molar refractivity (Wildman–Crippen MR) is 232 cm³/mol. The molecule has 0 rings (SSSR count). The molecule has 0 heterocycles. The van der Waals surface area contributed by atoms with Crippen molar-refractivity contribution in [3.8, 4) is 0 Å². The van der Waals surface area contributed by atoms with E-state index >= 15 is 0 Å². The van der Waals surface area contributed by atoms with E-state index in [4.69, 9.17) is 23.6 Å². The van der Waals surface area contributed by atoms with Gasteiger partial charge in [-0.2, -0.15) is 0 Å². The molecule has 0 aliphatic heterocycles. The van der Waals surface area contributed by atoms with Crippen LogP contribution in [0, 0.1) is 0 Å². The second-order valence-electron chi connectivity index (χ2n) is 14.0. The van der Waals surface area contributed by atoms with Gasteiger partial charge in [-0.1, -0.05) is 157 Å². The molecule has 10 heteroatoms. The van der Waals surface area contributed by atoms with Crippen LogP contribution >= 0.6 is 7.82 Å². The van der Waals surface area contributed by atoms with Crippen LogP contribution in [0.15, 0.2) is 85.1 Å². The van der Waals surface area contributed by atoms with E-state index < -0.39 is 45.8 Å². The number of allylic oxidation sites excluding steroid dienone is 14. The molecule has 0 amide bonds. The van der Waals surface area contributed by atoms with Gasteiger partial charge in [0.2, 0.25) is 0 Å². The van der Waals surface area contributed by atoms with Gasteiger partial charge in [-0.15, -0.1) is 0 Å². The molecule has 0 aliphatic rings. The van der Waals surface area contributed by atoms with Crippen molar-refractivity contribution < 1.29 is 43.0 Å². The Morgan fingerprint density at radius 2 is 1.02 bits per heavy atom. The molecule has 3 N–H and O–H groups in total. The molecule has 0 bridgehead atoms. The summed E-state index contributed by atoms with van der Waals surface area (Å²) in [4.78, 5) is 22.5. The minimum Gasteiger partial charge on any atom is -0.457 e. The number of hydrogen-bond donors (Lipinski definition) is 3. The molecule has 0 spiro atoms. The van der Waals surface area contributed by atoms with Crippen LogP contribution in [0.2, 0.25) is 0 Å². The Labute approximate surface area is 341 Å². The van der Waals surface area contributed by atoms with Crippen molar-refractivity contribution in [2.45, 2.75) is 167 Å². The van der Waals surface area contributed by atoms with Gasteiger partial charge in [-0.05, 0) is 77.0 Å². The average Bonchev–Trinajstić information content (AvgIpc) is 3.19. The predicted octanol–water partition coefficient (Wildman–Crippen LogP) is 11.9. The largest absolute Gasteiger partial charge is 0.472 e. The van der Waals surface area contributed by atoms with Crippen LogP contribution in [0.3, 0.4) is 0 Å². The van der Waals surface area contributed by atoms with E-state index in [1.54, 1.807) is 0 Å². The molecule has 9 nitrogen and oxygen atoms in total. The van der Waals surface area contributed by atoms with Crippen LogP contribution in [-0.2, 0) is 27.9 Å². The molecular weight excluding hydrogens is 727 g/mol. The van der Waals surface area contributed by atoms with Crippen molar-refractivity contribution in [1.82, 2.24) is 0 Å². The molecule has 0 aromatic rings. The topological polar surface area (TPSA) is 132 Å². The highest BCUT2D eigenvalue weighted by Gasteiger charge is 2.26. The number of phosphoric acid groups is 1. The molecule has 0 aromatic heterocycles. The van der Waals surface area contributed by atoms with Gasteiger partial charge in [0.15, 0.2) is 0 Å². The monoisotopic (exact) mass is 807 g/mol. The molecular formula is C46H79O9P. The lowest BCUT2D eigenvalue weighted by atomic mass is 10.1. The number of carbonyl (C=O) groups is 1. The van der Waals surface area contributed by atoms with E-state index in [9.17, 15) is 19.4 Å². The zero-order valence-electron chi connectivity index (χ0n) is 35.1. The summed E-state index contributed by atoms with van der Waals surface area (Å²) in [5.41, 5.74) is 0. The highest BCUT2D eigenvalue weighted by Crippen LogP contribution is 2.43. The number of rotatable bonds is 40. The number of carbonyl (C=O) groups excluding carboxylic acids is 1. The van der Waals surface area contributed by atoms with Gasteiger partial charge in [-0.3, -0.25) is 13.8 Å². The van der Waals surface area contributed by atoms with Gasteiger partial charge in [-0.25, -0.2) is 4.57 Å². The fourth-order valence-corrected chi connectivity index (χ4v) is 6.11. The molecule has 0 saturated carbocycles. The lowest BCUT2D eigenvalue weighted by molar-refractivity contribution is -0.154. The molecule has 322 valence electrons. The summed E-state index contributed by atoms with van der Waals surface area (Å²) in [5.74, 6) is -0.469. The summed E-state index contributed by atoms with van der Waals surface area (Å²) >= 11 is 0. The Balaban J connectivity index is 4.24. The van der Waals surface area contributed by atoms with Crippen molar-refractivity contribution in [2.75, 3.05) is 33.0 Å². The quantitative estimate of drug-likeness (QED) is 0.0240. The Morgan fingerprint density at radius 3 is 1.54 bits per heavy atom. The van der Waals surface area contributed by atoms with Crippen molar-refractivity contribution in [3.05, 3.63) is 85.1 Å². The first-order valence-corrected chi connectivity index (χ1v) is 23.1. The van der Waals surface area contributed by atoms with E-state index in [1.165, 1.54) is 64.2 Å². The Bertz CT molecular complexity index is 1140. The first-order valence-electron chi connectivity index (χ1n) is 21.6. The minimum atomic E-state index is -4.54. The van der Waals surface area contributed by atoms with Gasteiger partial charge in [0.05, 0.1) is 26.4 Å². The van der Waals surface area contributed by atoms with E-state index in [2.05, 4.69) is 86.8 Å². The van der Waals surface area contributed by atoms with Crippen molar-refractivity contribution in [1.29, 1.82) is 0 Å². The number of unbranched alkanes of at least 4 members (excludes halogenated alkanes) is 12. The van der Waals surface area contributed by atoms with Crippen molar-refractivity contribution >= 4 is 13.8 Å². The number of aliphatic hydroxyl groups excluding tert-OH is 2. The van der Waals surface area contributed by atoms with Crippen molar-refractivity contribution in [3.63, 3.8) is 0 Å². The number of aliphatic hydroxyl groups is 2. The standard InChI is InChI=1S/C46H79O9P/c1-3-5-7-9-11-13-15-17-18-19-20-21-22-23-24-25-27-29-31-33-35-37-39-52-42-45(43-54-56(50,51)53-41-44(48)40-47)55-46(49)38-36-34-32-30-28-26-16-14-12-10-8-6-4-2/h6,8,12,14-15,17,19-20,22-23,26,28,32,34,44-45,47-48H,3-5,7,9-11,13,16,18,21,24-25,27,29-31,33,35-43H2,1-2H3,(H,50,51)/b8-6-,14-12-,17-15-,20-19-,23-22-,28-26-,34-32-. The molecule has 56 heavy (non-hydrogen) atoms.